The maximum absolute atomic E-state index is 14.6. The van der Waals surface area contributed by atoms with Crippen LogP contribution in [-0.4, -0.2) is 53.0 Å². The first-order valence-electron chi connectivity index (χ1n) is 9.30. The largest absolute Gasteiger partial charge is 0.392 e. The lowest BCUT2D eigenvalue weighted by molar-refractivity contribution is -0.0514. The highest BCUT2D eigenvalue weighted by atomic mass is 19.1. The van der Waals surface area contributed by atoms with Crippen molar-refractivity contribution in [1.82, 2.24) is 29.9 Å². The van der Waals surface area contributed by atoms with E-state index in [4.69, 9.17) is 4.84 Å². The number of oxime groups is 1. The van der Waals surface area contributed by atoms with Crippen molar-refractivity contribution in [3.8, 4) is 0 Å². The number of rotatable bonds is 6. The van der Waals surface area contributed by atoms with Gasteiger partial charge in [-0.05, 0) is 32.9 Å². The minimum atomic E-state index is -0.815. The van der Waals surface area contributed by atoms with Gasteiger partial charge < -0.3 is 9.94 Å². The van der Waals surface area contributed by atoms with Gasteiger partial charge in [0.05, 0.1) is 24.9 Å². The molecule has 1 aromatic carbocycles. The van der Waals surface area contributed by atoms with Gasteiger partial charge in [-0.25, -0.2) is 19.0 Å². The van der Waals surface area contributed by atoms with Gasteiger partial charge in [0.2, 0.25) is 5.65 Å². The molecule has 0 saturated heterocycles. The summed E-state index contributed by atoms with van der Waals surface area (Å²) < 4.78 is 16.1. The van der Waals surface area contributed by atoms with Crippen LogP contribution in [0.15, 0.2) is 41.8 Å². The van der Waals surface area contributed by atoms with E-state index in [1.165, 1.54) is 16.9 Å². The summed E-state index contributed by atoms with van der Waals surface area (Å²) in [6.45, 7) is 5.09. The molecule has 4 rings (SSSR count). The van der Waals surface area contributed by atoms with Crippen LogP contribution in [-0.2, 0) is 11.4 Å². The molecule has 0 amide bonds. The van der Waals surface area contributed by atoms with Crippen molar-refractivity contribution >= 4 is 27.9 Å². The first-order chi connectivity index (χ1) is 14.4. The average molecular weight is 409 g/mol. The van der Waals surface area contributed by atoms with E-state index in [1.54, 1.807) is 39.1 Å². The Balaban J connectivity index is 1.67. The molecule has 9 nitrogen and oxygen atoms in total. The Kier molecular flexibility index (Phi) is 5.08. The van der Waals surface area contributed by atoms with E-state index < -0.39 is 5.60 Å². The number of fused-ring (bicyclic) bond motifs is 2. The molecule has 1 N–H and O–H groups in total. The minimum Gasteiger partial charge on any atom is -0.392 e. The van der Waals surface area contributed by atoms with E-state index >= 15 is 0 Å². The molecule has 0 bridgehead atoms. The summed E-state index contributed by atoms with van der Waals surface area (Å²) in [5.74, 6) is -0.383. The molecule has 0 aliphatic heterocycles. The Morgan fingerprint density at radius 2 is 2.13 bits per heavy atom. The molecule has 0 atom stereocenters. The summed E-state index contributed by atoms with van der Waals surface area (Å²) >= 11 is 0. The van der Waals surface area contributed by atoms with Gasteiger partial charge in [0.1, 0.15) is 17.2 Å². The molecule has 30 heavy (non-hydrogen) atoms. The number of aromatic nitrogens is 6. The third-order valence-corrected chi connectivity index (χ3v) is 4.50. The van der Waals surface area contributed by atoms with Gasteiger partial charge >= 0.3 is 0 Å². The number of pyridine rings is 1. The topological polar surface area (TPSA) is 111 Å². The second-order valence-corrected chi connectivity index (χ2v) is 7.48. The zero-order chi connectivity index (χ0) is 21.3. The number of aliphatic hydroxyl groups excluding tert-OH is 1. The number of benzene rings is 1. The van der Waals surface area contributed by atoms with E-state index in [1.807, 2.05) is 6.07 Å². The van der Waals surface area contributed by atoms with Gasteiger partial charge in [0.15, 0.2) is 11.2 Å². The molecule has 0 spiro atoms. The molecule has 0 aliphatic rings. The summed E-state index contributed by atoms with van der Waals surface area (Å²) in [5.41, 5.74) is 1.88. The zero-order valence-corrected chi connectivity index (χ0v) is 16.7. The summed E-state index contributed by atoms with van der Waals surface area (Å²) in [5, 5.41) is 22.2. The Morgan fingerprint density at radius 1 is 1.30 bits per heavy atom. The predicted octanol–water partition coefficient (Wildman–Crippen LogP) is 2.47. The van der Waals surface area contributed by atoms with Gasteiger partial charge in [0.25, 0.3) is 0 Å². The molecular weight excluding hydrogens is 389 g/mol. The number of hydrogen-bond donors (Lipinski definition) is 1. The number of aliphatic hydroxyl groups is 1. The Bertz CT molecular complexity index is 1250. The number of nitrogens with zero attached hydrogens (tertiary/aromatic N) is 7. The smallest absolute Gasteiger partial charge is 0.221 e. The predicted molar refractivity (Wildman–Crippen MR) is 108 cm³/mol. The van der Waals surface area contributed by atoms with Crippen LogP contribution in [0.25, 0.3) is 22.2 Å². The molecular formula is C20H20FN7O2. The van der Waals surface area contributed by atoms with Crippen LogP contribution in [0.1, 0.15) is 32.0 Å². The lowest BCUT2D eigenvalue weighted by Gasteiger charge is -2.19. The fraction of sp³-hybridized carbons (Fsp3) is 0.300. The third kappa shape index (κ3) is 3.94. The molecule has 4 aromatic rings. The Labute approximate surface area is 171 Å². The maximum Gasteiger partial charge on any atom is 0.221 e. The Hall–Kier alpha value is -3.53. The van der Waals surface area contributed by atoms with Crippen LogP contribution < -0.4 is 0 Å². The van der Waals surface area contributed by atoms with E-state index in [0.29, 0.717) is 33.8 Å². The zero-order valence-electron chi connectivity index (χ0n) is 16.7. The monoisotopic (exact) mass is 409 g/mol. The highest BCUT2D eigenvalue weighted by molar-refractivity contribution is 5.97. The second-order valence-electron chi connectivity index (χ2n) is 7.48. The molecule has 0 aliphatic carbocycles. The third-order valence-electron chi connectivity index (χ3n) is 4.50. The van der Waals surface area contributed by atoms with Crippen LogP contribution >= 0.6 is 0 Å². The van der Waals surface area contributed by atoms with Gasteiger partial charge in [-0.2, -0.15) is 0 Å². The van der Waals surface area contributed by atoms with Crippen LogP contribution in [0.2, 0.25) is 0 Å². The van der Waals surface area contributed by atoms with Crippen LogP contribution in [0, 0.1) is 5.82 Å². The van der Waals surface area contributed by atoms with E-state index in [0.717, 1.165) is 5.39 Å². The lowest BCUT2D eigenvalue weighted by atomic mass is 10.1. The molecule has 3 heterocycles. The quantitative estimate of drug-likeness (QED) is 0.385. The summed E-state index contributed by atoms with van der Waals surface area (Å²) in [7, 11) is 0. The number of hydrogen-bond acceptors (Lipinski definition) is 8. The lowest BCUT2D eigenvalue weighted by Crippen LogP contribution is -2.27. The number of halogens is 1. The average Bonchev–Trinajstić information content (AvgIpc) is 3.14. The standard InChI is InChI=1S/C20H20FN7O2/c1-12(26-30-20(2,3)11-29)17-9-23-18-19(24-17)28(27-25-18)10-14-7-13-5-4-6-22-16(13)8-15(14)21/h4-9,29H,10-11H2,1-3H3/b26-12+. The van der Waals surface area contributed by atoms with E-state index in [2.05, 4.69) is 30.4 Å². The first-order valence-corrected chi connectivity index (χ1v) is 9.30. The van der Waals surface area contributed by atoms with Crippen molar-refractivity contribution < 1.29 is 14.3 Å². The van der Waals surface area contributed by atoms with Crippen molar-refractivity contribution in [1.29, 1.82) is 0 Å². The van der Waals surface area contributed by atoms with Gasteiger partial charge in [-0.15, -0.1) is 5.10 Å². The molecule has 154 valence electrons. The highest BCUT2D eigenvalue weighted by Crippen LogP contribution is 2.19. The van der Waals surface area contributed by atoms with Crippen LogP contribution in [0.3, 0.4) is 0 Å². The molecule has 10 heteroatoms. The fourth-order valence-electron chi connectivity index (χ4n) is 2.73. The summed E-state index contributed by atoms with van der Waals surface area (Å²) in [6, 6.07) is 6.81. The maximum atomic E-state index is 14.6. The highest BCUT2D eigenvalue weighted by Gasteiger charge is 2.19. The SMILES string of the molecule is C/C(=N\OC(C)(C)CO)c1cnc2nnn(Cc3cc4cccnc4cc3F)c2n1. The van der Waals surface area contributed by atoms with E-state index in [9.17, 15) is 9.50 Å². The van der Waals surface area contributed by atoms with Crippen LogP contribution in [0.5, 0.6) is 0 Å². The first kappa shape index (κ1) is 19.8. The molecule has 3 aromatic heterocycles. The molecule has 0 fully saturated rings. The molecule has 0 unspecified atom stereocenters. The van der Waals surface area contributed by atoms with Gasteiger partial charge in [0, 0.05) is 23.2 Å². The van der Waals surface area contributed by atoms with Gasteiger partial charge in [-0.1, -0.05) is 16.4 Å². The normalized spacial score (nSPS) is 12.6. The molecule has 0 radical (unpaired) electrons. The summed E-state index contributed by atoms with van der Waals surface area (Å²) in [6.07, 6.45) is 3.14. The van der Waals surface area contributed by atoms with Crippen molar-refractivity contribution in [2.24, 2.45) is 5.16 Å². The van der Waals surface area contributed by atoms with Crippen molar-refractivity contribution in [2.75, 3.05) is 6.61 Å². The fourth-order valence-corrected chi connectivity index (χ4v) is 2.73. The van der Waals surface area contributed by atoms with Gasteiger partial charge in [-0.3, -0.25) is 4.98 Å². The minimum absolute atomic E-state index is 0.134. The summed E-state index contributed by atoms with van der Waals surface area (Å²) in [4.78, 5) is 18.3. The van der Waals surface area contributed by atoms with Crippen molar-refractivity contribution in [3.05, 3.63) is 53.7 Å². The van der Waals surface area contributed by atoms with E-state index in [-0.39, 0.29) is 19.0 Å². The molecule has 0 saturated carbocycles. The Morgan fingerprint density at radius 3 is 2.93 bits per heavy atom. The van der Waals surface area contributed by atoms with Crippen molar-refractivity contribution in [3.63, 3.8) is 0 Å². The second kappa shape index (κ2) is 7.71. The van der Waals surface area contributed by atoms with Crippen LogP contribution in [0.4, 0.5) is 4.39 Å². The van der Waals surface area contributed by atoms with Crippen molar-refractivity contribution in [2.45, 2.75) is 32.9 Å².